The maximum Gasteiger partial charge on any atom is 0.303 e. The molecule has 5 heteroatoms. The molecule has 0 spiro atoms. The SMILES string of the molecule is CC(CC(=O)O)C(N)c1ccc(F)cc1F. The van der Waals surface area contributed by atoms with Crippen molar-refractivity contribution in [2.75, 3.05) is 0 Å². The summed E-state index contributed by atoms with van der Waals surface area (Å²) in [5.41, 5.74) is 5.85. The Morgan fingerprint density at radius 1 is 1.50 bits per heavy atom. The maximum absolute atomic E-state index is 13.3. The third-order valence-electron chi connectivity index (χ3n) is 2.43. The zero-order valence-corrected chi connectivity index (χ0v) is 8.78. The molecule has 0 saturated carbocycles. The number of hydrogen-bond acceptors (Lipinski definition) is 2. The monoisotopic (exact) mass is 229 g/mol. The average molecular weight is 229 g/mol. The van der Waals surface area contributed by atoms with E-state index < -0.39 is 29.6 Å². The molecular weight excluding hydrogens is 216 g/mol. The van der Waals surface area contributed by atoms with Gasteiger partial charge in [-0.1, -0.05) is 13.0 Å². The summed E-state index contributed by atoms with van der Waals surface area (Å²) in [6.07, 6.45) is -0.155. The van der Waals surface area contributed by atoms with Crippen LogP contribution in [-0.4, -0.2) is 11.1 Å². The van der Waals surface area contributed by atoms with Gasteiger partial charge < -0.3 is 10.8 Å². The standard InChI is InChI=1S/C11H13F2NO2/c1-6(4-10(15)16)11(14)8-3-2-7(12)5-9(8)13/h2-3,5-6,11H,4,14H2,1H3,(H,15,16). The first-order chi connectivity index (χ1) is 7.41. The first kappa shape index (κ1) is 12.6. The van der Waals surface area contributed by atoms with Gasteiger partial charge in [0.2, 0.25) is 0 Å². The molecule has 2 unspecified atom stereocenters. The fourth-order valence-corrected chi connectivity index (χ4v) is 1.48. The number of benzene rings is 1. The van der Waals surface area contributed by atoms with Gasteiger partial charge in [0.05, 0.1) is 0 Å². The highest BCUT2D eigenvalue weighted by atomic mass is 19.1. The Morgan fingerprint density at radius 2 is 2.12 bits per heavy atom. The van der Waals surface area contributed by atoms with E-state index >= 15 is 0 Å². The number of rotatable bonds is 4. The number of carboxylic acids is 1. The molecule has 2 atom stereocenters. The summed E-state index contributed by atoms with van der Waals surface area (Å²) in [5, 5.41) is 8.58. The normalized spacial score (nSPS) is 14.5. The molecule has 88 valence electrons. The Morgan fingerprint density at radius 3 is 2.62 bits per heavy atom. The van der Waals surface area contributed by atoms with Crippen molar-refractivity contribution in [2.45, 2.75) is 19.4 Å². The van der Waals surface area contributed by atoms with Crippen LogP contribution in [0.5, 0.6) is 0 Å². The second-order valence-corrected chi connectivity index (χ2v) is 3.77. The van der Waals surface area contributed by atoms with Crippen molar-refractivity contribution in [1.29, 1.82) is 0 Å². The Labute approximate surface area is 91.9 Å². The van der Waals surface area contributed by atoms with Crippen molar-refractivity contribution in [1.82, 2.24) is 0 Å². The van der Waals surface area contributed by atoms with E-state index in [1.165, 1.54) is 6.07 Å². The second-order valence-electron chi connectivity index (χ2n) is 3.77. The zero-order valence-electron chi connectivity index (χ0n) is 8.78. The maximum atomic E-state index is 13.3. The molecule has 0 saturated heterocycles. The minimum Gasteiger partial charge on any atom is -0.481 e. The molecule has 0 aromatic heterocycles. The largest absolute Gasteiger partial charge is 0.481 e. The quantitative estimate of drug-likeness (QED) is 0.830. The minimum atomic E-state index is -0.995. The van der Waals surface area contributed by atoms with Crippen LogP contribution >= 0.6 is 0 Å². The summed E-state index contributed by atoms with van der Waals surface area (Å²) in [7, 11) is 0. The Kier molecular flexibility index (Phi) is 3.95. The molecule has 1 rings (SSSR count). The minimum absolute atomic E-state index is 0.134. The lowest BCUT2D eigenvalue weighted by molar-refractivity contribution is -0.138. The second kappa shape index (κ2) is 5.03. The topological polar surface area (TPSA) is 63.3 Å². The van der Waals surface area contributed by atoms with E-state index in [-0.39, 0.29) is 12.0 Å². The van der Waals surface area contributed by atoms with Crippen molar-refractivity contribution in [3.63, 3.8) is 0 Å². The fraction of sp³-hybridized carbons (Fsp3) is 0.364. The predicted octanol–water partition coefficient (Wildman–Crippen LogP) is 2.08. The van der Waals surface area contributed by atoms with Crippen LogP contribution < -0.4 is 5.73 Å². The summed E-state index contributed by atoms with van der Waals surface area (Å²) in [6.45, 7) is 1.61. The molecule has 0 aliphatic carbocycles. The van der Waals surface area contributed by atoms with Crippen molar-refractivity contribution >= 4 is 5.97 Å². The van der Waals surface area contributed by atoms with Gasteiger partial charge in [0.25, 0.3) is 0 Å². The molecule has 16 heavy (non-hydrogen) atoms. The lowest BCUT2D eigenvalue weighted by Gasteiger charge is -2.19. The van der Waals surface area contributed by atoms with Gasteiger partial charge >= 0.3 is 5.97 Å². The Bertz CT molecular complexity index is 396. The summed E-state index contributed by atoms with van der Waals surface area (Å²) in [5.74, 6) is -2.84. The van der Waals surface area contributed by atoms with Crippen molar-refractivity contribution in [3.05, 3.63) is 35.4 Å². The molecule has 0 fully saturated rings. The van der Waals surface area contributed by atoms with E-state index in [1.54, 1.807) is 6.92 Å². The zero-order chi connectivity index (χ0) is 12.3. The molecule has 3 N–H and O–H groups in total. The summed E-state index contributed by atoms with van der Waals surface area (Å²) >= 11 is 0. The highest BCUT2D eigenvalue weighted by Gasteiger charge is 2.20. The molecule has 3 nitrogen and oxygen atoms in total. The summed E-state index contributed by atoms with van der Waals surface area (Å²) in [6, 6.07) is 2.33. The van der Waals surface area contributed by atoms with Crippen LogP contribution in [0.1, 0.15) is 24.9 Å². The molecule has 0 aliphatic rings. The van der Waals surface area contributed by atoms with Crippen molar-refractivity contribution in [3.8, 4) is 0 Å². The Balaban J connectivity index is 2.87. The van der Waals surface area contributed by atoms with Crippen LogP contribution in [0.15, 0.2) is 18.2 Å². The number of hydrogen-bond donors (Lipinski definition) is 2. The van der Waals surface area contributed by atoms with Crippen LogP contribution in [0.4, 0.5) is 8.78 Å². The van der Waals surface area contributed by atoms with Gasteiger partial charge in [-0.15, -0.1) is 0 Å². The number of halogens is 2. The predicted molar refractivity (Wildman–Crippen MR) is 54.7 cm³/mol. The van der Waals surface area contributed by atoms with E-state index in [1.807, 2.05) is 0 Å². The van der Waals surface area contributed by atoms with E-state index in [4.69, 9.17) is 10.8 Å². The van der Waals surface area contributed by atoms with E-state index in [9.17, 15) is 13.6 Å². The van der Waals surface area contributed by atoms with Crippen molar-refractivity contribution < 1.29 is 18.7 Å². The van der Waals surface area contributed by atoms with Gasteiger partial charge in [-0.25, -0.2) is 8.78 Å². The molecule has 1 aromatic carbocycles. The van der Waals surface area contributed by atoms with Gasteiger partial charge in [0, 0.05) is 24.1 Å². The highest BCUT2D eigenvalue weighted by Crippen LogP contribution is 2.24. The van der Waals surface area contributed by atoms with E-state index in [2.05, 4.69) is 0 Å². The van der Waals surface area contributed by atoms with Crippen LogP contribution in [0.25, 0.3) is 0 Å². The van der Waals surface area contributed by atoms with Crippen LogP contribution in [0.3, 0.4) is 0 Å². The van der Waals surface area contributed by atoms with Crippen molar-refractivity contribution in [2.24, 2.45) is 11.7 Å². The van der Waals surface area contributed by atoms with Gasteiger partial charge in [-0.3, -0.25) is 4.79 Å². The van der Waals surface area contributed by atoms with Gasteiger partial charge in [-0.05, 0) is 12.0 Å². The van der Waals surface area contributed by atoms with Crippen LogP contribution in [0.2, 0.25) is 0 Å². The van der Waals surface area contributed by atoms with E-state index in [0.29, 0.717) is 0 Å². The van der Waals surface area contributed by atoms with Crippen LogP contribution in [0, 0.1) is 17.6 Å². The smallest absolute Gasteiger partial charge is 0.303 e. The number of carbonyl (C=O) groups is 1. The highest BCUT2D eigenvalue weighted by molar-refractivity contribution is 5.67. The molecule has 0 heterocycles. The molecule has 0 bridgehead atoms. The van der Waals surface area contributed by atoms with Crippen LogP contribution in [-0.2, 0) is 4.79 Å². The van der Waals surface area contributed by atoms with Gasteiger partial charge in [-0.2, -0.15) is 0 Å². The number of carboxylic acid groups (broad SMARTS) is 1. The third-order valence-corrected chi connectivity index (χ3v) is 2.43. The van der Waals surface area contributed by atoms with E-state index in [0.717, 1.165) is 12.1 Å². The Hall–Kier alpha value is -1.49. The van der Waals surface area contributed by atoms with Gasteiger partial charge in [0.1, 0.15) is 11.6 Å². The first-order valence-corrected chi connectivity index (χ1v) is 4.84. The summed E-state index contributed by atoms with van der Waals surface area (Å²) in [4.78, 5) is 10.5. The molecule has 0 amide bonds. The first-order valence-electron chi connectivity index (χ1n) is 4.84. The third kappa shape index (κ3) is 3.00. The number of nitrogens with two attached hydrogens (primary N) is 1. The average Bonchev–Trinajstić information content (AvgIpc) is 2.15. The molecule has 0 aliphatic heterocycles. The molecule has 1 aromatic rings. The van der Waals surface area contributed by atoms with Gasteiger partial charge in [0.15, 0.2) is 0 Å². The fourth-order valence-electron chi connectivity index (χ4n) is 1.48. The summed E-state index contributed by atoms with van der Waals surface area (Å²) < 4.78 is 26.0. The molecule has 0 radical (unpaired) electrons. The lowest BCUT2D eigenvalue weighted by atomic mass is 9.92. The lowest BCUT2D eigenvalue weighted by Crippen LogP contribution is -2.22. The molecular formula is C11H13F2NO2. The number of aliphatic carboxylic acids is 1.